The van der Waals surface area contributed by atoms with Crippen LogP contribution in [0.4, 0.5) is 8.78 Å². The van der Waals surface area contributed by atoms with Crippen LogP contribution >= 0.6 is 0 Å². The molecule has 0 N–H and O–H groups in total. The fourth-order valence-corrected chi connectivity index (χ4v) is 4.42. The molecule has 1 heterocycles. The third-order valence-electron chi connectivity index (χ3n) is 5.95. The average Bonchev–Trinajstić information content (AvgIpc) is 3.20. The Balaban J connectivity index is 1.78. The molecule has 1 saturated heterocycles. The minimum atomic E-state index is -0.522. The molecule has 1 unspecified atom stereocenters. The summed E-state index contributed by atoms with van der Waals surface area (Å²) in [5, 5.41) is 0. The van der Waals surface area contributed by atoms with Crippen molar-refractivity contribution >= 4 is 6.41 Å². The summed E-state index contributed by atoms with van der Waals surface area (Å²) in [4.78, 5) is 16.3. The van der Waals surface area contributed by atoms with Crippen LogP contribution in [0.2, 0.25) is 0 Å². The van der Waals surface area contributed by atoms with Crippen LogP contribution in [0.1, 0.15) is 47.6 Å². The van der Waals surface area contributed by atoms with Crippen LogP contribution in [0.25, 0.3) is 0 Å². The summed E-state index contributed by atoms with van der Waals surface area (Å²) in [6.07, 6.45) is 4.05. The van der Waals surface area contributed by atoms with Crippen molar-refractivity contribution in [3.63, 3.8) is 0 Å². The number of carbonyl (C=O) groups is 1. The van der Waals surface area contributed by atoms with Crippen LogP contribution in [-0.2, 0) is 11.2 Å². The first-order valence-electron chi connectivity index (χ1n) is 10.4. The number of benzene rings is 2. The van der Waals surface area contributed by atoms with E-state index >= 15 is 0 Å². The molecule has 2 aromatic rings. The lowest BCUT2D eigenvalue weighted by Gasteiger charge is -2.34. The second-order valence-electron chi connectivity index (χ2n) is 7.98. The van der Waals surface area contributed by atoms with Gasteiger partial charge in [-0.3, -0.25) is 4.79 Å². The van der Waals surface area contributed by atoms with Crippen LogP contribution in [0.15, 0.2) is 36.4 Å². The predicted molar refractivity (Wildman–Crippen MR) is 112 cm³/mol. The summed E-state index contributed by atoms with van der Waals surface area (Å²) in [6, 6.07) is 10.1. The van der Waals surface area contributed by atoms with Crippen molar-refractivity contribution in [3.05, 3.63) is 70.3 Å². The molecular weight excluding hydrogens is 370 g/mol. The zero-order valence-corrected chi connectivity index (χ0v) is 17.3. The Hall–Kier alpha value is -2.27. The number of hydrogen-bond donors (Lipinski definition) is 0. The number of carbonyl (C=O) groups excluding carboxylic acids is 1. The molecule has 0 spiro atoms. The summed E-state index contributed by atoms with van der Waals surface area (Å²) in [7, 11) is 0. The number of hydrogen-bond acceptors (Lipinski definition) is 2. The quantitative estimate of drug-likeness (QED) is 0.564. The first-order chi connectivity index (χ1) is 14.0. The predicted octanol–water partition coefficient (Wildman–Crippen LogP) is 4.81. The van der Waals surface area contributed by atoms with E-state index < -0.39 is 11.6 Å². The van der Waals surface area contributed by atoms with Gasteiger partial charge in [-0.2, -0.15) is 0 Å². The van der Waals surface area contributed by atoms with Gasteiger partial charge >= 0.3 is 0 Å². The van der Waals surface area contributed by atoms with E-state index in [0.29, 0.717) is 13.0 Å². The SMILES string of the molecule is Cc1cccc(C)c1C(CN1CCCC1)N(C=O)CCCc1c(F)cccc1F. The van der Waals surface area contributed by atoms with Crippen molar-refractivity contribution in [3.8, 4) is 0 Å². The lowest BCUT2D eigenvalue weighted by molar-refractivity contribution is -0.120. The van der Waals surface area contributed by atoms with Gasteiger partial charge in [-0.25, -0.2) is 8.78 Å². The molecular formula is C24H30F2N2O. The van der Waals surface area contributed by atoms with E-state index in [2.05, 4.69) is 30.9 Å². The maximum absolute atomic E-state index is 13.9. The van der Waals surface area contributed by atoms with E-state index in [1.54, 1.807) is 0 Å². The standard InChI is InChI=1S/C24H30F2N2O/c1-18-8-5-9-19(2)24(18)23(16-27-13-3-4-14-27)28(17-29)15-7-10-20-21(25)11-6-12-22(20)26/h5-6,8-9,11-12,17,23H,3-4,7,10,13-16H2,1-2H3. The van der Waals surface area contributed by atoms with Crippen molar-refractivity contribution in [1.82, 2.24) is 9.80 Å². The summed E-state index contributed by atoms with van der Waals surface area (Å²) < 4.78 is 27.9. The summed E-state index contributed by atoms with van der Waals surface area (Å²) in [5.41, 5.74) is 3.62. The van der Waals surface area contributed by atoms with Gasteiger partial charge < -0.3 is 9.80 Å². The summed E-state index contributed by atoms with van der Waals surface area (Å²) >= 11 is 0. The molecule has 5 heteroatoms. The molecule has 3 nitrogen and oxygen atoms in total. The smallest absolute Gasteiger partial charge is 0.210 e. The van der Waals surface area contributed by atoms with Gasteiger partial charge in [0.2, 0.25) is 6.41 Å². The Morgan fingerprint density at radius 2 is 1.62 bits per heavy atom. The Morgan fingerprint density at radius 1 is 1.03 bits per heavy atom. The number of likely N-dealkylation sites (tertiary alicyclic amines) is 1. The molecule has 1 fully saturated rings. The molecule has 1 amide bonds. The second kappa shape index (κ2) is 9.97. The van der Waals surface area contributed by atoms with E-state index in [1.165, 1.54) is 47.7 Å². The second-order valence-corrected chi connectivity index (χ2v) is 7.98. The monoisotopic (exact) mass is 400 g/mol. The molecule has 0 radical (unpaired) electrons. The van der Waals surface area contributed by atoms with Gasteiger partial charge in [0, 0.05) is 18.7 Å². The number of nitrogens with zero attached hydrogens (tertiary/aromatic N) is 2. The molecule has 1 aliphatic rings. The van der Waals surface area contributed by atoms with Gasteiger partial charge in [0.15, 0.2) is 0 Å². The molecule has 0 bridgehead atoms. The van der Waals surface area contributed by atoms with Gasteiger partial charge in [0.1, 0.15) is 11.6 Å². The van der Waals surface area contributed by atoms with E-state index in [1.807, 2.05) is 11.0 Å². The van der Waals surface area contributed by atoms with Crippen molar-refractivity contribution in [1.29, 1.82) is 0 Å². The maximum atomic E-state index is 13.9. The van der Waals surface area contributed by atoms with Gasteiger partial charge in [0.05, 0.1) is 6.04 Å². The summed E-state index contributed by atoms with van der Waals surface area (Å²) in [6.45, 7) is 7.51. The topological polar surface area (TPSA) is 23.6 Å². The van der Waals surface area contributed by atoms with E-state index in [9.17, 15) is 13.6 Å². The third-order valence-corrected chi connectivity index (χ3v) is 5.95. The van der Waals surface area contributed by atoms with Crippen LogP contribution in [0.3, 0.4) is 0 Å². The van der Waals surface area contributed by atoms with Crippen LogP contribution in [-0.4, -0.2) is 42.4 Å². The summed E-state index contributed by atoms with van der Waals surface area (Å²) in [5.74, 6) is -1.04. The van der Waals surface area contributed by atoms with E-state index in [0.717, 1.165) is 26.0 Å². The molecule has 1 atom stereocenters. The lowest BCUT2D eigenvalue weighted by atomic mass is 9.94. The Labute approximate surface area is 172 Å². The number of rotatable bonds is 9. The largest absolute Gasteiger partial charge is 0.337 e. The minimum Gasteiger partial charge on any atom is -0.337 e. The highest BCUT2D eigenvalue weighted by molar-refractivity contribution is 5.50. The Kier molecular flexibility index (Phi) is 7.37. The van der Waals surface area contributed by atoms with Gasteiger partial charge in [-0.05, 0) is 81.4 Å². The zero-order chi connectivity index (χ0) is 20.8. The first kappa shape index (κ1) is 21.4. The van der Waals surface area contributed by atoms with Crippen molar-refractivity contribution in [2.24, 2.45) is 0 Å². The first-order valence-corrected chi connectivity index (χ1v) is 10.4. The van der Waals surface area contributed by atoms with Crippen molar-refractivity contribution in [2.45, 2.75) is 45.6 Å². The normalized spacial score (nSPS) is 15.4. The molecule has 0 saturated carbocycles. The molecule has 29 heavy (non-hydrogen) atoms. The fraction of sp³-hybridized carbons (Fsp3) is 0.458. The van der Waals surface area contributed by atoms with Crippen LogP contribution in [0, 0.1) is 25.5 Å². The minimum absolute atomic E-state index is 0.0581. The molecule has 0 aliphatic carbocycles. The number of halogens is 2. The highest BCUT2D eigenvalue weighted by atomic mass is 19.1. The number of amides is 1. The zero-order valence-electron chi connectivity index (χ0n) is 17.3. The van der Waals surface area contributed by atoms with Crippen molar-refractivity contribution < 1.29 is 13.6 Å². The van der Waals surface area contributed by atoms with Crippen molar-refractivity contribution in [2.75, 3.05) is 26.2 Å². The molecule has 3 rings (SSSR count). The van der Waals surface area contributed by atoms with E-state index in [4.69, 9.17) is 0 Å². The van der Waals surface area contributed by atoms with Gasteiger partial charge in [-0.15, -0.1) is 0 Å². The Morgan fingerprint density at radius 3 is 2.21 bits per heavy atom. The molecule has 0 aromatic heterocycles. The van der Waals surface area contributed by atoms with Gasteiger partial charge in [-0.1, -0.05) is 24.3 Å². The fourth-order valence-electron chi connectivity index (χ4n) is 4.42. The highest BCUT2D eigenvalue weighted by Gasteiger charge is 2.26. The van der Waals surface area contributed by atoms with Crippen LogP contribution < -0.4 is 0 Å². The lowest BCUT2D eigenvalue weighted by Crippen LogP contribution is -2.38. The Bertz CT molecular complexity index is 793. The third kappa shape index (κ3) is 5.21. The van der Waals surface area contributed by atoms with Gasteiger partial charge in [0.25, 0.3) is 0 Å². The molecule has 1 aliphatic heterocycles. The van der Waals surface area contributed by atoms with E-state index in [-0.39, 0.29) is 18.0 Å². The highest BCUT2D eigenvalue weighted by Crippen LogP contribution is 2.29. The average molecular weight is 401 g/mol. The number of aryl methyl sites for hydroxylation is 2. The van der Waals surface area contributed by atoms with Crippen LogP contribution in [0.5, 0.6) is 0 Å². The molecule has 2 aromatic carbocycles. The maximum Gasteiger partial charge on any atom is 0.210 e. The molecule has 156 valence electrons.